The summed E-state index contributed by atoms with van der Waals surface area (Å²) < 4.78 is 1.95. The lowest BCUT2D eigenvalue weighted by Crippen LogP contribution is -2.39. The first-order chi connectivity index (χ1) is 9.58. The highest BCUT2D eigenvalue weighted by Crippen LogP contribution is 2.10. The summed E-state index contributed by atoms with van der Waals surface area (Å²) in [6, 6.07) is 1.85. The number of nitrogens with one attached hydrogen (secondary N) is 1. The second kappa shape index (κ2) is 6.90. The Bertz CT molecular complexity index is 456. The molecular formula is C15H25N3O2. The van der Waals surface area contributed by atoms with Crippen LogP contribution in [0.3, 0.4) is 0 Å². The fourth-order valence-electron chi connectivity index (χ4n) is 2.68. The van der Waals surface area contributed by atoms with Gasteiger partial charge in [0.05, 0.1) is 11.7 Å². The number of carbonyl (C=O) groups excluding carboxylic acids is 1. The molecule has 0 spiro atoms. The van der Waals surface area contributed by atoms with Crippen LogP contribution >= 0.6 is 0 Å². The standard InChI is InChI=1S/C15H25N3O2/c1-12-14(6-10-17(12)2)15(20)16-7-4-9-18-8-3-5-13(19)11-18/h6,10,13,19H,3-5,7-9,11H2,1-2H3,(H,16,20)/t13-/m0/s1. The minimum Gasteiger partial charge on any atom is -0.392 e. The number of aliphatic hydroxyl groups is 1. The minimum absolute atomic E-state index is 0.00165. The molecule has 0 bridgehead atoms. The summed E-state index contributed by atoms with van der Waals surface area (Å²) in [5.74, 6) is 0.00165. The Labute approximate surface area is 120 Å². The third-order valence-corrected chi connectivity index (χ3v) is 4.05. The SMILES string of the molecule is Cc1c(C(=O)NCCCN2CCC[C@H](O)C2)ccn1C. The van der Waals surface area contributed by atoms with E-state index in [0.717, 1.165) is 50.2 Å². The van der Waals surface area contributed by atoms with Crippen LogP contribution in [0.25, 0.3) is 0 Å². The second-order valence-corrected chi connectivity index (χ2v) is 5.63. The number of aryl methyl sites for hydroxylation is 1. The monoisotopic (exact) mass is 279 g/mol. The van der Waals surface area contributed by atoms with Crippen molar-refractivity contribution in [2.45, 2.75) is 32.3 Å². The number of nitrogens with zero attached hydrogens (tertiary/aromatic N) is 2. The van der Waals surface area contributed by atoms with Gasteiger partial charge < -0.3 is 19.9 Å². The van der Waals surface area contributed by atoms with Gasteiger partial charge in [-0.1, -0.05) is 0 Å². The number of likely N-dealkylation sites (tertiary alicyclic amines) is 1. The maximum absolute atomic E-state index is 12.0. The summed E-state index contributed by atoms with van der Waals surface area (Å²) in [7, 11) is 1.94. The second-order valence-electron chi connectivity index (χ2n) is 5.63. The number of carbonyl (C=O) groups is 1. The molecule has 0 aromatic carbocycles. The van der Waals surface area contributed by atoms with Gasteiger partial charge in [-0.05, 0) is 45.3 Å². The summed E-state index contributed by atoms with van der Waals surface area (Å²) in [4.78, 5) is 14.3. The molecule has 20 heavy (non-hydrogen) atoms. The lowest BCUT2D eigenvalue weighted by molar-refractivity contribution is 0.0697. The van der Waals surface area contributed by atoms with Crippen molar-refractivity contribution in [2.75, 3.05) is 26.2 Å². The van der Waals surface area contributed by atoms with Gasteiger partial charge in [-0.3, -0.25) is 4.79 Å². The zero-order valence-electron chi connectivity index (χ0n) is 12.4. The van der Waals surface area contributed by atoms with E-state index in [1.54, 1.807) is 0 Å². The highest BCUT2D eigenvalue weighted by atomic mass is 16.3. The van der Waals surface area contributed by atoms with E-state index in [1.165, 1.54) is 0 Å². The predicted molar refractivity (Wildman–Crippen MR) is 78.8 cm³/mol. The van der Waals surface area contributed by atoms with Crippen LogP contribution in [0.5, 0.6) is 0 Å². The Morgan fingerprint density at radius 2 is 2.35 bits per heavy atom. The average Bonchev–Trinajstić information content (AvgIpc) is 2.75. The Balaban J connectivity index is 1.68. The minimum atomic E-state index is -0.176. The zero-order chi connectivity index (χ0) is 14.5. The first kappa shape index (κ1) is 15.1. The predicted octanol–water partition coefficient (Wildman–Crippen LogP) is 0.910. The van der Waals surface area contributed by atoms with Crippen LogP contribution in [0.2, 0.25) is 0 Å². The van der Waals surface area contributed by atoms with Gasteiger partial charge in [0.2, 0.25) is 0 Å². The number of rotatable bonds is 5. The van der Waals surface area contributed by atoms with Crippen molar-refractivity contribution in [1.29, 1.82) is 0 Å². The van der Waals surface area contributed by atoms with E-state index in [2.05, 4.69) is 10.2 Å². The van der Waals surface area contributed by atoms with E-state index >= 15 is 0 Å². The molecule has 1 aliphatic rings. The molecule has 1 aromatic heterocycles. The van der Waals surface area contributed by atoms with Crippen molar-refractivity contribution in [2.24, 2.45) is 7.05 Å². The summed E-state index contributed by atoms with van der Waals surface area (Å²) in [6.07, 6.45) is 4.63. The van der Waals surface area contributed by atoms with Crippen molar-refractivity contribution in [3.8, 4) is 0 Å². The van der Waals surface area contributed by atoms with Crippen LogP contribution in [0.1, 0.15) is 35.3 Å². The Morgan fingerprint density at radius 3 is 3.00 bits per heavy atom. The van der Waals surface area contributed by atoms with Gasteiger partial charge in [-0.15, -0.1) is 0 Å². The molecule has 1 aliphatic heterocycles. The number of hydrogen-bond donors (Lipinski definition) is 2. The molecule has 112 valence electrons. The van der Waals surface area contributed by atoms with Crippen molar-refractivity contribution in [3.05, 3.63) is 23.5 Å². The third-order valence-electron chi connectivity index (χ3n) is 4.05. The summed E-state index contributed by atoms with van der Waals surface area (Å²) in [5.41, 5.74) is 1.74. The van der Waals surface area contributed by atoms with Gasteiger partial charge in [-0.2, -0.15) is 0 Å². The molecule has 0 unspecified atom stereocenters. The van der Waals surface area contributed by atoms with Gasteiger partial charge in [0.15, 0.2) is 0 Å². The molecule has 1 fully saturated rings. The number of β-amino-alcohol motifs (C(OH)–C–C–N with tert-alkyl or cyclic N) is 1. The third kappa shape index (κ3) is 3.84. The number of hydrogen-bond acceptors (Lipinski definition) is 3. The van der Waals surface area contributed by atoms with E-state index in [1.807, 2.05) is 30.8 Å². The van der Waals surface area contributed by atoms with Gasteiger partial charge in [0, 0.05) is 32.0 Å². The van der Waals surface area contributed by atoms with Gasteiger partial charge in [-0.25, -0.2) is 0 Å². The van der Waals surface area contributed by atoms with Crippen LogP contribution in [-0.2, 0) is 7.05 Å². The molecule has 5 nitrogen and oxygen atoms in total. The lowest BCUT2D eigenvalue weighted by Gasteiger charge is -2.29. The van der Waals surface area contributed by atoms with E-state index in [-0.39, 0.29) is 12.0 Å². The van der Waals surface area contributed by atoms with Crippen LogP contribution in [-0.4, -0.2) is 52.8 Å². The fraction of sp³-hybridized carbons (Fsp3) is 0.667. The highest BCUT2D eigenvalue weighted by Gasteiger charge is 2.17. The van der Waals surface area contributed by atoms with Crippen LogP contribution < -0.4 is 5.32 Å². The molecule has 2 N–H and O–H groups in total. The van der Waals surface area contributed by atoms with Gasteiger partial charge >= 0.3 is 0 Å². The van der Waals surface area contributed by atoms with Gasteiger partial charge in [0.1, 0.15) is 0 Å². The van der Waals surface area contributed by atoms with Crippen molar-refractivity contribution < 1.29 is 9.90 Å². The molecular weight excluding hydrogens is 254 g/mol. The Hall–Kier alpha value is -1.33. The molecule has 0 aliphatic carbocycles. The van der Waals surface area contributed by atoms with E-state index < -0.39 is 0 Å². The maximum atomic E-state index is 12.0. The van der Waals surface area contributed by atoms with Crippen LogP contribution in [0.15, 0.2) is 12.3 Å². The highest BCUT2D eigenvalue weighted by molar-refractivity contribution is 5.95. The van der Waals surface area contributed by atoms with Crippen molar-refractivity contribution in [1.82, 2.24) is 14.8 Å². The smallest absolute Gasteiger partial charge is 0.253 e. The molecule has 5 heteroatoms. The largest absolute Gasteiger partial charge is 0.392 e. The summed E-state index contributed by atoms with van der Waals surface area (Å²) in [5, 5.41) is 12.6. The number of amides is 1. The Morgan fingerprint density at radius 1 is 1.55 bits per heavy atom. The molecule has 0 radical (unpaired) electrons. The normalized spacial score (nSPS) is 20.1. The zero-order valence-corrected chi connectivity index (χ0v) is 12.4. The Kier molecular flexibility index (Phi) is 5.20. The molecule has 1 atom stereocenters. The van der Waals surface area contributed by atoms with Crippen LogP contribution in [0.4, 0.5) is 0 Å². The molecule has 1 saturated heterocycles. The average molecular weight is 279 g/mol. The van der Waals surface area contributed by atoms with Gasteiger partial charge in [0.25, 0.3) is 5.91 Å². The first-order valence-corrected chi connectivity index (χ1v) is 7.38. The lowest BCUT2D eigenvalue weighted by atomic mass is 10.1. The molecule has 2 heterocycles. The van der Waals surface area contributed by atoms with Crippen LogP contribution in [0, 0.1) is 6.92 Å². The number of piperidine rings is 1. The number of aromatic nitrogens is 1. The molecule has 2 rings (SSSR count). The van der Waals surface area contributed by atoms with E-state index in [9.17, 15) is 9.90 Å². The number of aliphatic hydroxyl groups excluding tert-OH is 1. The first-order valence-electron chi connectivity index (χ1n) is 7.38. The van der Waals surface area contributed by atoms with E-state index in [4.69, 9.17) is 0 Å². The molecule has 1 amide bonds. The summed E-state index contributed by atoms with van der Waals surface area (Å²) >= 11 is 0. The quantitative estimate of drug-likeness (QED) is 0.788. The van der Waals surface area contributed by atoms with Crippen molar-refractivity contribution in [3.63, 3.8) is 0 Å². The fourth-order valence-corrected chi connectivity index (χ4v) is 2.68. The molecule has 1 aromatic rings. The maximum Gasteiger partial charge on any atom is 0.253 e. The summed E-state index contributed by atoms with van der Waals surface area (Å²) in [6.45, 7) is 5.39. The van der Waals surface area contributed by atoms with Crippen molar-refractivity contribution >= 4 is 5.91 Å². The van der Waals surface area contributed by atoms with E-state index in [0.29, 0.717) is 6.54 Å². The topological polar surface area (TPSA) is 57.5 Å². The molecule has 0 saturated carbocycles.